The number of halogens is 1. The van der Waals surface area contributed by atoms with Crippen LogP contribution in [0.1, 0.15) is 22.8 Å². The molecule has 2 heterocycles. The minimum Gasteiger partial charge on any atom is -0.265 e. The van der Waals surface area contributed by atoms with Crippen molar-refractivity contribution in [3.8, 4) is 0 Å². The van der Waals surface area contributed by atoms with Crippen LogP contribution in [0.3, 0.4) is 0 Å². The lowest BCUT2D eigenvalue weighted by atomic mass is 10.0. The van der Waals surface area contributed by atoms with Gasteiger partial charge in [0.2, 0.25) is 0 Å². The van der Waals surface area contributed by atoms with Crippen molar-refractivity contribution in [3.05, 3.63) is 89.2 Å². The van der Waals surface area contributed by atoms with Crippen LogP contribution in [0.4, 0.5) is 5.69 Å². The Morgan fingerprint density at radius 2 is 1.67 bits per heavy atom. The third-order valence-corrected chi connectivity index (χ3v) is 5.60. The van der Waals surface area contributed by atoms with E-state index in [1.807, 2.05) is 54.5 Å². The SMILES string of the molecule is Clc1ccc(C2CC(c3ccncc3)=Nc3ccccc3S2)cc1. The summed E-state index contributed by atoms with van der Waals surface area (Å²) in [5.41, 5.74) is 4.52. The molecule has 0 aliphatic carbocycles. The Labute approximate surface area is 150 Å². The van der Waals surface area contributed by atoms with E-state index in [0.29, 0.717) is 5.25 Å². The van der Waals surface area contributed by atoms with Gasteiger partial charge in [-0.3, -0.25) is 9.98 Å². The third-order valence-electron chi connectivity index (χ3n) is 4.02. The van der Waals surface area contributed by atoms with Crippen LogP contribution in [0.25, 0.3) is 0 Å². The molecule has 3 aromatic rings. The topological polar surface area (TPSA) is 25.2 Å². The highest BCUT2D eigenvalue weighted by molar-refractivity contribution is 7.99. The average molecular weight is 351 g/mol. The second-order valence-electron chi connectivity index (χ2n) is 5.62. The summed E-state index contributed by atoms with van der Waals surface area (Å²) in [5, 5.41) is 1.07. The number of fused-ring (bicyclic) bond motifs is 1. The van der Waals surface area contributed by atoms with Crippen LogP contribution in [0, 0.1) is 0 Å². The zero-order chi connectivity index (χ0) is 16.4. The van der Waals surface area contributed by atoms with E-state index in [2.05, 4.69) is 35.3 Å². The molecule has 4 heteroatoms. The Bertz CT molecular complexity index is 876. The number of aromatic nitrogens is 1. The molecule has 0 fully saturated rings. The number of hydrogen-bond donors (Lipinski definition) is 0. The Morgan fingerprint density at radius 3 is 2.46 bits per heavy atom. The van der Waals surface area contributed by atoms with Gasteiger partial charge in [0, 0.05) is 39.7 Å². The summed E-state index contributed by atoms with van der Waals surface area (Å²) in [5.74, 6) is 0. The predicted octanol–water partition coefficient (Wildman–Crippen LogP) is 6.09. The number of nitrogens with zero attached hydrogens (tertiary/aromatic N) is 2. The van der Waals surface area contributed by atoms with Gasteiger partial charge in [-0.25, -0.2) is 0 Å². The molecule has 118 valence electrons. The number of thioether (sulfide) groups is 1. The quantitative estimate of drug-likeness (QED) is 0.558. The highest BCUT2D eigenvalue weighted by Gasteiger charge is 2.22. The average Bonchev–Trinajstić information content (AvgIpc) is 2.83. The van der Waals surface area contributed by atoms with Crippen LogP contribution in [-0.4, -0.2) is 10.7 Å². The summed E-state index contributed by atoms with van der Waals surface area (Å²) in [6, 6.07) is 20.5. The smallest absolute Gasteiger partial charge is 0.0769 e. The molecule has 0 bridgehead atoms. The maximum absolute atomic E-state index is 6.05. The zero-order valence-electron chi connectivity index (χ0n) is 12.9. The lowest BCUT2D eigenvalue weighted by Crippen LogP contribution is -2.05. The standard InChI is InChI=1S/C20H15ClN2S/c21-16-7-5-15(6-8-16)20-13-18(14-9-11-22-12-10-14)23-17-3-1-2-4-19(17)24-20/h1-12,20H,13H2. The van der Waals surface area contributed by atoms with Gasteiger partial charge in [-0.2, -0.15) is 0 Å². The van der Waals surface area contributed by atoms with Crippen molar-refractivity contribution < 1.29 is 0 Å². The molecule has 0 saturated carbocycles. The van der Waals surface area contributed by atoms with E-state index in [1.54, 1.807) is 0 Å². The van der Waals surface area contributed by atoms with Gasteiger partial charge in [-0.15, -0.1) is 11.8 Å². The number of para-hydroxylation sites is 1. The van der Waals surface area contributed by atoms with Crippen LogP contribution in [0.15, 0.2) is 82.9 Å². The fourth-order valence-electron chi connectivity index (χ4n) is 2.80. The Balaban J connectivity index is 1.79. The highest BCUT2D eigenvalue weighted by Crippen LogP contribution is 2.45. The second kappa shape index (κ2) is 6.80. The van der Waals surface area contributed by atoms with Crippen molar-refractivity contribution in [2.24, 2.45) is 4.99 Å². The number of aliphatic imine (C=N–C) groups is 1. The first-order chi connectivity index (χ1) is 11.8. The predicted molar refractivity (Wildman–Crippen MR) is 102 cm³/mol. The molecule has 1 aliphatic heterocycles. The van der Waals surface area contributed by atoms with Crippen LogP contribution in [0.5, 0.6) is 0 Å². The van der Waals surface area contributed by atoms with Crippen molar-refractivity contribution >= 4 is 34.8 Å². The minimum atomic E-state index is 0.304. The van der Waals surface area contributed by atoms with Crippen molar-refractivity contribution in [2.75, 3.05) is 0 Å². The van der Waals surface area contributed by atoms with Gasteiger partial charge < -0.3 is 0 Å². The summed E-state index contributed by atoms with van der Waals surface area (Å²) < 4.78 is 0. The van der Waals surface area contributed by atoms with Gasteiger partial charge in [0.1, 0.15) is 0 Å². The second-order valence-corrected chi connectivity index (χ2v) is 7.31. The van der Waals surface area contributed by atoms with Crippen molar-refractivity contribution in [3.63, 3.8) is 0 Å². The first-order valence-electron chi connectivity index (χ1n) is 7.79. The molecule has 2 nitrogen and oxygen atoms in total. The van der Waals surface area contributed by atoms with Gasteiger partial charge in [-0.1, -0.05) is 35.9 Å². The fraction of sp³-hybridized carbons (Fsp3) is 0.100. The molecule has 0 amide bonds. The van der Waals surface area contributed by atoms with E-state index in [4.69, 9.17) is 16.6 Å². The maximum atomic E-state index is 6.05. The first-order valence-corrected chi connectivity index (χ1v) is 9.04. The van der Waals surface area contributed by atoms with E-state index in [0.717, 1.165) is 28.4 Å². The van der Waals surface area contributed by atoms with Crippen LogP contribution in [0.2, 0.25) is 5.02 Å². The van der Waals surface area contributed by atoms with E-state index < -0.39 is 0 Å². The fourth-order valence-corrected chi connectivity index (χ4v) is 4.16. The van der Waals surface area contributed by atoms with E-state index >= 15 is 0 Å². The summed E-state index contributed by atoms with van der Waals surface area (Å²) in [6.45, 7) is 0. The number of pyridine rings is 1. The number of rotatable bonds is 2. The largest absolute Gasteiger partial charge is 0.265 e. The lowest BCUT2D eigenvalue weighted by Gasteiger charge is -2.16. The monoisotopic (exact) mass is 350 g/mol. The summed E-state index contributed by atoms with van der Waals surface area (Å²) in [7, 11) is 0. The first kappa shape index (κ1) is 15.4. The van der Waals surface area contributed by atoms with Crippen LogP contribution < -0.4 is 0 Å². The van der Waals surface area contributed by atoms with Crippen molar-refractivity contribution in [1.82, 2.24) is 4.98 Å². The third kappa shape index (κ3) is 3.23. The van der Waals surface area contributed by atoms with Gasteiger partial charge in [0.05, 0.1) is 5.69 Å². The molecule has 1 atom stereocenters. The van der Waals surface area contributed by atoms with E-state index in [1.165, 1.54) is 10.5 Å². The molecular formula is C20H15ClN2S. The summed E-state index contributed by atoms with van der Waals surface area (Å²) in [4.78, 5) is 10.3. The molecule has 0 saturated heterocycles. The summed E-state index contributed by atoms with van der Waals surface area (Å²) in [6.07, 6.45) is 4.50. The maximum Gasteiger partial charge on any atom is 0.0769 e. The molecule has 0 N–H and O–H groups in total. The zero-order valence-corrected chi connectivity index (χ0v) is 14.5. The van der Waals surface area contributed by atoms with Crippen molar-refractivity contribution in [2.45, 2.75) is 16.6 Å². The Hall–Kier alpha value is -2.10. The lowest BCUT2D eigenvalue weighted by molar-refractivity contribution is 1.01. The van der Waals surface area contributed by atoms with Gasteiger partial charge in [0.25, 0.3) is 0 Å². The molecule has 2 aromatic carbocycles. The number of benzene rings is 2. The van der Waals surface area contributed by atoms with Crippen LogP contribution >= 0.6 is 23.4 Å². The molecule has 24 heavy (non-hydrogen) atoms. The molecule has 4 rings (SSSR count). The number of hydrogen-bond acceptors (Lipinski definition) is 3. The van der Waals surface area contributed by atoms with Crippen LogP contribution in [-0.2, 0) is 0 Å². The van der Waals surface area contributed by atoms with E-state index in [9.17, 15) is 0 Å². The highest BCUT2D eigenvalue weighted by atomic mass is 35.5. The molecular weight excluding hydrogens is 336 g/mol. The Morgan fingerprint density at radius 1 is 0.917 bits per heavy atom. The minimum absolute atomic E-state index is 0.304. The summed E-state index contributed by atoms with van der Waals surface area (Å²) >= 11 is 7.91. The van der Waals surface area contributed by atoms with Crippen molar-refractivity contribution in [1.29, 1.82) is 0 Å². The Kier molecular flexibility index (Phi) is 4.37. The molecule has 1 aromatic heterocycles. The van der Waals surface area contributed by atoms with Gasteiger partial charge in [-0.05, 0) is 47.5 Å². The molecule has 1 aliphatic rings. The van der Waals surface area contributed by atoms with Gasteiger partial charge in [0.15, 0.2) is 0 Å². The molecule has 0 radical (unpaired) electrons. The van der Waals surface area contributed by atoms with Gasteiger partial charge >= 0.3 is 0 Å². The van der Waals surface area contributed by atoms with E-state index in [-0.39, 0.29) is 0 Å². The normalized spacial score (nSPS) is 16.9. The molecule has 1 unspecified atom stereocenters. The molecule has 0 spiro atoms.